The van der Waals surface area contributed by atoms with Gasteiger partial charge in [-0.25, -0.2) is 4.98 Å². The highest BCUT2D eigenvalue weighted by Gasteiger charge is 2.30. The van der Waals surface area contributed by atoms with Gasteiger partial charge in [0.1, 0.15) is 17.2 Å². The van der Waals surface area contributed by atoms with Gasteiger partial charge in [-0.2, -0.15) is 22.5 Å². The Hall–Kier alpha value is -2.65. The van der Waals surface area contributed by atoms with Gasteiger partial charge in [0.15, 0.2) is 0 Å². The van der Waals surface area contributed by atoms with Crippen molar-refractivity contribution in [1.82, 2.24) is 23.8 Å². The minimum atomic E-state index is -4.60. The average Bonchev–Trinajstić information content (AvgIpc) is 3.00. The van der Waals surface area contributed by atoms with Crippen molar-refractivity contribution >= 4 is 45.2 Å². The number of fused-ring (bicyclic) bond motifs is 3. The van der Waals surface area contributed by atoms with Gasteiger partial charge in [0, 0.05) is 35.1 Å². The molecule has 4 aromatic heterocycles. The molecule has 0 saturated carbocycles. The number of hydrogen-bond donors (Lipinski definition) is 0. The zero-order valence-electron chi connectivity index (χ0n) is 13.2. The number of hydrogen-bond acceptors (Lipinski definition) is 4. The second-order valence-corrected chi connectivity index (χ2v) is 6.38. The summed E-state index contributed by atoms with van der Waals surface area (Å²) in [4.78, 5) is 20.8. The summed E-state index contributed by atoms with van der Waals surface area (Å²) in [5, 5.41) is 4.13. The molecular weight excluding hydrogens is 406 g/mol. The molecule has 0 radical (unpaired) electrons. The molecule has 0 aliphatic heterocycles. The molecule has 0 spiro atoms. The lowest BCUT2D eigenvalue weighted by Gasteiger charge is -2.14. The van der Waals surface area contributed by atoms with Gasteiger partial charge >= 0.3 is 6.18 Å². The van der Waals surface area contributed by atoms with Crippen LogP contribution >= 0.6 is 23.4 Å². The largest absolute Gasteiger partial charge is 0.406 e. The van der Waals surface area contributed by atoms with Crippen LogP contribution in [-0.4, -0.2) is 30.0 Å². The lowest BCUT2D eigenvalue weighted by atomic mass is 10.1. The number of halogens is 5. The van der Waals surface area contributed by atoms with E-state index in [2.05, 4.69) is 15.1 Å². The predicted molar refractivity (Wildman–Crippen MR) is 94.8 cm³/mol. The van der Waals surface area contributed by atoms with Crippen LogP contribution in [0.25, 0.3) is 33.1 Å². The molecule has 0 aromatic carbocycles. The Kier molecular flexibility index (Phi) is 4.08. The van der Waals surface area contributed by atoms with Crippen LogP contribution in [0.15, 0.2) is 41.6 Å². The van der Waals surface area contributed by atoms with Gasteiger partial charge in [0.05, 0.1) is 22.8 Å². The van der Waals surface area contributed by atoms with E-state index in [1.54, 1.807) is 12.1 Å². The highest BCUT2D eigenvalue weighted by Crippen LogP contribution is 2.30. The average molecular weight is 414 g/mol. The van der Waals surface area contributed by atoms with Crippen molar-refractivity contribution in [2.45, 2.75) is 12.7 Å². The van der Waals surface area contributed by atoms with Crippen molar-refractivity contribution in [2.75, 3.05) is 0 Å². The van der Waals surface area contributed by atoms with E-state index in [0.717, 1.165) is 10.4 Å². The zero-order chi connectivity index (χ0) is 19.3. The van der Waals surface area contributed by atoms with Crippen LogP contribution in [0.1, 0.15) is 0 Å². The Morgan fingerprint density at radius 1 is 1.15 bits per heavy atom. The lowest BCUT2D eigenvalue weighted by molar-refractivity contribution is -0.140. The number of aromatic nitrogens is 5. The van der Waals surface area contributed by atoms with Crippen molar-refractivity contribution in [3.8, 4) is 11.3 Å². The molecule has 0 aliphatic rings. The van der Waals surface area contributed by atoms with E-state index in [4.69, 9.17) is 23.4 Å². The highest BCUT2D eigenvalue weighted by molar-refractivity contribution is 6.32. The second kappa shape index (κ2) is 6.21. The van der Waals surface area contributed by atoms with Crippen molar-refractivity contribution in [2.24, 2.45) is 0 Å². The molecule has 4 rings (SSSR count). The second-order valence-electron chi connectivity index (χ2n) is 5.70. The molecule has 0 bridgehead atoms. The van der Waals surface area contributed by atoms with Crippen molar-refractivity contribution in [1.29, 1.82) is 0 Å². The Labute approximate surface area is 158 Å². The molecule has 0 fully saturated rings. The predicted octanol–water partition coefficient (Wildman–Crippen LogP) is 4.03. The molecule has 4 aromatic rings. The standard InChI is InChI=1S/C16H8Cl2F3N5O/c17-14-8(2-1-3-22-14)11-4-12-9(5-23-11)13-10(6-24-26(13)18)15(27)25(12)7-16(19,20)21/h1-6H,7H2. The van der Waals surface area contributed by atoms with E-state index >= 15 is 0 Å². The third-order valence-corrected chi connectivity index (χ3v) is 4.56. The van der Waals surface area contributed by atoms with E-state index in [-0.39, 0.29) is 32.7 Å². The van der Waals surface area contributed by atoms with Crippen LogP contribution < -0.4 is 5.56 Å². The van der Waals surface area contributed by atoms with Crippen LogP contribution in [0.2, 0.25) is 5.15 Å². The van der Waals surface area contributed by atoms with Gasteiger partial charge in [0.25, 0.3) is 5.56 Å². The quantitative estimate of drug-likeness (QED) is 0.465. The van der Waals surface area contributed by atoms with Crippen molar-refractivity contribution in [3.63, 3.8) is 0 Å². The number of pyridine rings is 3. The monoisotopic (exact) mass is 413 g/mol. The van der Waals surface area contributed by atoms with E-state index < -0.39 is 18.3 Å². The Morgan fingerprint density at radius 2 is 1.93 bits per heavy atom. The van der Waals surface area contributed by atoms with Gasteiger partial charge in [-0.3, -0.25) is 14.3 Å². The van der Waals surface area contributed by atoms with Crippen LogP contribution in [-0.2, 0) is 6.54 Å². The fourth-order valence-electron chi connectivity index (χ4n) is 2.89. The summed E-state index contributed by atoms with van der Waals surface area (Å²) in [6.45, 7) is -1.46. The summed E-state index contributed by atoms with van der Waals surface area (Å²) in [6, 6.07) is 4.60. The van der Waals surface area contributed by atoms with Crippen molar-refractivity contribution in [3.05, 3.63) is 52.3 Å². The van der Waals surface area contributed by atoms with Crippen molar-refractivity contribution < 1.29 is 13.2 Å². The van der Waals surface area contributed by atoms with E-state index in [0.29, 0.717) is 10.1 Å². The lowest BCUT2D eigenvalue weighted by Crippen LogP contribution is -2.28. The number of nitrogens with zero attached hydrogens (tertiary/aromatic N) is 5. The molecule has 0 unspecified atom stereocenters. The smallest absolute Gasteiger partial charge is 0.298 e. The molecule has 138 valence electrons. The molecule has 11 heteroatoms. The van der Waals surface area contributed by atoms with E-state index in [1.165, 1.54) is 18.5 Å². The Bertz CT molecular complexity index is 1250. The molecule has 0 atom stereocenters. The number of alkyl halides is 3. The maximum absolute atomic E-state index is 13.1. The number of rotatable bonds is 2. The molecule has 0 aliphatic carbocycles. The fourth-order valence-corrected chi connectivity index (χ4v) is 3.34. The van der Waals surface area contributed by atoms with Crippen LogP contribution in [0.4, 0.5) is 13.2 Å². The first-order chi connectivity index (χ1) is 12.8. The first-order valence-corrected chi connectivity index (χ1v) is 8.22. The van der Waals surface area contributed by atoms with Crippen LogP contribution in [0.3, 0.4) is 0 Å². The third-order valence-electron chi connectivity index (χ3n) is 4.00. The summed E-state index contributed by atoms with van der Waals surface area (Å²) in [6.07, 6.45) is -0.662. The van der Waals surface area contributed by atoms with Gasteiger partial charge in [-0.1, -0.05) is 11.6 Å². The van der Waals surface area contributed by atoms with Gasteiger partial charge in [-0.15, -0.1) is 0 Å². The normalized spacial score (nSPS) is 12.2. The Morgan fingerprint density at radius 3 is 2.63 bits per heavy atom. The summed E-state index contributed by atoms with van der Waals surface area (Å²) < 4.78 is 40.8. The maximum atomic E-state index is 13.1. The topological polar surface area (TPSA) is 65.6 Å². The summed E-state index contributed by atoms with van der Waals surface area (Å²) in [5.74, 6) is 0. The maximum Gasteiger partial charge on any atom is 0.406 e. The zero-order valence-corrected chi connectivity index (χ0v) is 14.7. The first kappa shape index (κ1) is 17.7. The molecule has 6 nitrogen and oxygen atoms in total. The van der Waals surface area contributed by atoms with Gasteiger partial charge < -0.3 is 0 Å². The SMILES string of the molecule is O=c1c2cnn(Cl)c2c2cnc(-c3cccnc3Cl)cc2n1CC(F)(F)F. The minimum absolute atomic E-state index is 0.0112. The summed E-state index contributed by atoms with van der Waals surface area (Å²) >= 11 is 12.0. The molecular formula is C16H8Cl2F3N5O. The first-order valence-electron chi connectivity index (χ1n) is 7.50. The third kappa shape index (κ3) is 3.02. The van der Waals surface area contributed by atoms with Gasteiger partial charge in [0.2, 0.25) is 0 Å². The van der Waals surface area contributed by atoms with E-state index in [1.807, 2.05) is 0 Å². The van der Waals surface area contributed by atoms with Gasteiger partial charge in [-0.05, 0) is 18.2 Å². The minimum Gasteiger partial charge on any atom is -0.298 e. The van der Waals surface area contributed by atoms with Crippen LogP contribution in [0, 0.1) is 0 Å². The molecule has 0 saturated heterocycles. The van der Waals surface area contributed by atoms with Crippen LogP contribution in [0.5, 0.6) is 0 Å². The molecule has 0 N–H and O–H groups in total. The highest BCUT2D eigenvalue weighted by atomic mass is 35.5. The molecule has 27 heavy (non-hydrogen) atoms. The molecule has 4 heterocycles. The fraction of sp³-hybridized carbons (Fsp3) is 0.125. The van der Waals surface area contributed by atoms with E-state index in [9.17, 15) is 18.0 Å². The summed E-state index contributed by atoms with van der Waals surface area (Å²) in [7, 11) is 0. The molecule has 0 amide bonds. The Balaban J connectivity index is 2.11. The summed E-state index contributed by atoms with van der Waals surface area (Å²) in [5.41, 5.74) is 0.0437.